The van der Waals surface area contributed by atoms with Gasteiger partial charge in [-0.15, -0.1) is 11.3 Å². The molecule has 0 spiro atoms. The molecule has 0 aliphatic heterocycles. The minimum atomic E-state index is -0.207. The zero-order valence-electron chi connectivity index (χ0n) is 21.5. The van der Waals surface area contributed by atoms with E-state index >= 15 is 0 Å². The van der Waals surface area contributed by atoms with Crippen molar-refractivity contribution in [3.63, 3.8) is 0 Å². The molecular formula is C31H30N4O2S. The molecule has 1 atom stereocenters. The average Bonchev–Trinajstić information content (AvgIpc) is 3.53. The van der Waals surface area contributed by atoms with Crippen LogP contribution >= 0.6 is 11.3 Å². The quantitative estimate of drug-likeness (QED) is 0.263. The first kappa shape index (κ1) is 25.4. The van der Waals surface area contributed by atoms with Crippen molar-refractivity contribution in [2.24, 2.45) is 0 Å². The summed E-state index contributed by atoms with van der Waals surface area (Å²) in [5.74, 6) is -0.263. The summed E-state index contributed by atoms with van der Waals surface area (Å²) in [5, 5.41) is 5.00. The van der Waals surface area contributed by atoms with E-state index in [4.69, 9.17) is 0 Å². The first-order valence-corrected chi connectivity index (χ1v) is 13.6. The Bertz CT molecular complexity index is 1540. The Kier molecular flexibility index (Phi) is 7.65. The fraction of sp³-hybridized carbons (Fsp3) is 0.194. The number of carbonyl (C=O) groups is 2. The summed E-state index contributed by atoms with van der Waals surface area (Å²) in [4.78, 5) is 34.2. The number of fused-ring (bicyclic) bond motifs is 1. The Morgan fingerprint density at radius 2 is 1.66 bits per heavy atom. The molecule has 0 aliphatic rings. The second-order valence-corrected chi connectivity index (χ2v) is 10.2. The number of amides is 2. The van der Waals surface area contributed by atoms with E-state index in [0.29, 0.717) is 29.9 Å². The summed E-state index contributed by atoms with van der Waals surface area (Å²) in [6.07, 6.45) is 3.36. The van der Waals surface area contributed by atoms with Gasteiger partial charge in [0.15, 0.2) is 4.96 Å². The number of nitrogens with zero attached hydrogens (tertiary/aromatic N) is 3. The standard InChI is InChI=1S/C31H30N4O2S/c1-22-28(35-19-20-38-31(35)33-22)29(36)32-21-25(18-17-23-11-5-3-6-12-23)34(2)30(37)27-16-10-9-15-26(27)24-13-7-4-8-14-24/h3-16,19-20,25H,17-18,21H2,1-2H3,(H,32,36). The molecule has 0 saturated carbocycles. The molecule has 2 amide bonds. The molecule has 0 aliphatic carbocycles. The summed E-state index contributed by atoms with van der Waals surface area (Å²) < 4.78 is 1.82. The van der Waals surface area contributed by atoms with Gasteiger partial charge in [0.1, 0.15) is 5.69 Å². The number of aromatic nitrogens is 2. The van der Waals surface area contributed by atoms with Gasteiger partial charge in [0.05, 0.1) is 5.69 Å². The highest BCUT2D eigenvalue weighted by atomic mass is 32.1. The second-order valence-electron chi connectivity index (χ2n) is 9.32. The average molecular weight is 523 g/mol. The fourth-order valence-corrected chi connectivity index (χ4v) is 5.53. The van der Waals surface area contributed by atoms with Crippen LogP contribution in [0.1, 0.15) is 38.5 Å². The van der Waals surface area contributed by atoms with Crippen LogP contribution in [-0.4, -0.2) is 45.7 Å². The van der Waals surface area contributed by atoms with Crippen molar-refractivity contribution in [3.8, 4) is 11.1 Å². The molecule has 1 unspecified atom stereocenters. The molecule has 0 fully saturated rings. The molecule has 0 saturated heterocycles. The van der Waals surface area contributed by atoms with E-state index in [1.165, 1.54) is 16.9 Å². The highest BCUT2D eigenvalue weighted by molar-refractivity contribution is 7.15. The molecule has 5 aromatic rings. The van der Waals surface area contributed by atoms with Crippen molar-refractivity contribution < 1.29 is 9.59 Å². The SMILES string of the molecule is Cc1nc2sccn2c1C(=O)NCC(CCc1ccccc1)N(C)C(=O)c1ccccc1-c1ccccc1. The predicted molar refractivity (Wildman–Crippen MR) is 153 cm³/mol. The lowest BCUT2D eigenvalue weighted by Crippen LogP contribution is -2.45. The molecular weight excluding hydrogens is 492 g/mol. The van der Waals surface area contributed by atoms with E-state index in [2.05, 4.69) is 22.4 Å². The first-order valence-electron chi connectivity index (χ1n) is 12.7. The van der Waals surface area contributed by atoms with Crippen LogP contribution in [0.15, 0.2) is 96.5 Å². The maximum Gasteiger partial charge on any atom is 0.270 e. The van der Waals surface area contributed by atoms with Gasteiger partial charge in [-0.3, -0.25) is 14.0 Å². The van der Waals surface area contributed by atoms with Crippen LogP contribution in [0.4, 0.5) is 0 Å². The maximum atomic E-state index is 13.9. The lowest BCUT2D eigenvalue weighted by atomic mass is 9.97. The Morgan fingerprint density at radius 1 is 0.974 bits per heavy atom. The summed E-state index contributed by atoms with van der Waals surface area (Å²) >= 11 is 1.49. The van der Waals surface area contributed by atoms with Gasteiger partial charge in [-0.25, -0.2) is 4.98 Å². The van der Waals surface area contributed by atoms with Crippen LogP contribution in [0.3, 0.4) is 0 Å². The van der Waals surface area contributed by atoms with E-state index in [1.54, 1.807) is 4.90 Å². The number of nitrogens with one attached hydrogen (secondary N) is 1. The van der Waals surface area contributed by atoms with Crippen molar-refractivity contribution in [2.45, 2.75) is 25.8 Å². The largest absolute Gasteiger partial charge is 0.349 e. The van der Waals surface area contributed by atoms with Gasteiger partial charge in [-0.2, -0.15) is 0 Å². The van der Waals surface area contributed by atoms with Crippen LogP contribution in [0.5, 0.6) is 0 Å². The number of rotatable bonds is 9. The molecule has 2 heterocycles. The molecule has 6 nitrogen and oxygen atoms in total. The Morgan fingerprint density at radius 3 is 2.42 bits per heavy atom. The van der Waals surface area contributed by atoms with Gasteiger partial charge in [0, 0.05) is 36.8 Å². The minimum absolute atomic E-state index is 0.0717. The number of likely N-dealkylation sites (N-methyl/N-ethyl adjacent to an activating group) is 1. The number of hydrogen-bond acceptors (Lipinski definition) is 4. The number of hydrogen-bond donors (Lipinski definition) is 1. The minimum Gasteiger partial charge on any atom is -0.349 e. The van der Waals surface area contributed by atoms with Crippen LogP contribution in [0, 0.1) is 6.92 Å². The molecule has 0 radical (unpaired) electrons. The third kappa shape index (κ3) is 5.38. The third-order valence-electron chi connectivity index (χ3n) is 6.87. The van der Waals surface area contributed by atoms with Crippen LogP contribution < -0.4 is 5.32 Å². The van der Waals surface area contributed by atoms with E-state index in [-0.39, 0.29) is 17.9 Å². The molecule has 2 aromatic heterocycles. The molecule has 5 rings (SSSR count). The highest BCUT2D eigenvalue weighted by Gasteiger charge is 2.25. The number of benzene rings is 3. The number of carbonyl (C=O) groups excluding carboxylic acids is 2. The molecule has 192 valence electrons. The highest BCUT2D eigenvalue weighted by Crippen LogP contribution is 2.25. The summed E-state index contributed by atoms with van der Waals surface area (Å²) in [5.41, 5.74) is 4.95. The van der Waals surface area contributed by atoms with E-state index in [0.717, 1.165) is 22.5 Å². The lowest BCUT2D eigenvalue weighted by Gasteiger charge is -2.29. The molecule has 7 heteroatoms. The smallest absolute Gasteiger partial charge is 0.270 e. The molecule has 0 bridgehead atoms. The molecule has 38 heavy (non-hydrogen) atoms. The number of thiazole rings is 1. The van der Waals surface area contributed by atoms with Crippen LogP contribution in [0.2, 0.25) is 0 Å². The van der Waals surface area contributed by atoms with E-state index < -0.39 is 0 Å². The number of aryl methyl sites for hydroxylation is 2. The van der Waals surface area contributed by atoms with Gasteiger partial charge in [-0.1, -0.05) is 78.9 Å². The monoisotopic (exact) mass is 522 g/mol. The lowest BCUT2D eigenvalue weighted by molar-refractivity contribution is 0.0711. The Balaban J connectivity index is 1.38. The van der Waals surface area contributed by atoms with Crippen molar-refractivity contribution in [1.82, 2.24) is 19.6 Å². The zero-order chi connectivity index (χ0) is 26.5. The maximum absolute atomic E-state index is 13.9. The van der Waals surface area contributed by atoms with Gasteiger partial charge in [0.2, 0.25) is 0 Å². The molecule has 3 aromatic carbocycles. The van der Waals surface area contributed by atoms with Crippen molar-refractivity contribution in [3.05, 3.63) is 119 Å². The van der Waals surface area contributed by atoms with E-state index in [9.17, 15) is 9.59 Å². The fourth-order valence-electron chi connectivity index (χ4n) is 4.77. The predicted octanol–water partition coefficient (Wildman–Crippen LogP) is 5.87. The summed E-state index contributed by atoms with van der Waals surface area (Å²) in [7, 11) is 1.83. The summed E-state index contributed by atoms with van der Waals surface area (Å²) in [6, 6.07) is 27.6. The number of imidazole rings is 1. The topological polar surface area (TPSA) is 66.7 Å². The van der Waals surface area contributed by atoms with E-state index in [1.807, 2.05) is 103 Å². The van der Waals surface area contributed by atoms with Crippen molar-refractivity contribution in [1.29, 1.82) is 0 Å². The third-order valence-corrected chi connectivity index (χ3v) is 7.63. The summed E-state index contributed by atoms with van der Waals surface area (Å²) in [6.45, 7) is 2.18. The van der Waals surface area contributed by atoms with Gasteiger partial charge >= 0.3 is 0 Å². The second kappa shape index (κ2) is 11.4. The van der Waals surface area contributed by atoms with Gasteiger partial charge < -0.3 is 10.2 Å². The van der Waals surface area contributed by atoms with Gasteiger partial charge in [-0.05, 0) is 42.5 Å². The zero-order valence-corrected chi connectivity index (χ0v) is 22.3. The van der Waals surface area contributed by atoms with Gasteiger partial charge in [0.25, 0.3) is 11.8 Å². The van der Waals surface area contributed by atoms with Crippen LogP contribution in [0.25, 0.3) is 16.1 Å². The Hall–Kier alpha value is -4.23. The molecule has 1 N–H and O–H groups in total. The normalized spacial score (nSPS) is 11.8. The van der Waals surface area contributed by atoms with Crippen LogP contribution in [-0.2, 0) is 6.42 Å². The van der Waals surface area contributed by atoms with Crippen molar-refractivity contribution >= 4 is 28.1 Å². The Labute approximate surface area is 226 Å². The van der Waals surface area contributed by atoms with Crippen molar-refractivity contribution in [2.75, 3.05) is 13.6 Å². The first-order chi connectivity index (χ1) is 18.5.